The first-order valence-corrected chi connectivity index (χ1v) is 10.7. The third-order valence-electron chi connectivity index (χ3n) is 6.09. The van der Waals surface area contributed by atoms with Crippen molar-refractivity contribution in [1.29, 1.82) is 0 Å². The second-order valence-electron chi connectivity index (χ2n) is 8.27. The summed E-state index contributed by atoms with van der Waals surface area (Å²) in [7, 11) is 0. The summed E-state index contributed by atoms with van der Waals surface area (Å²) in [5.74, 6) is -0.302. The highest BCUT2D eigenvalue weighted by Crippen LogP contribution is 2.32. The van der Waals surface area contributed by atoms with Crippen LogP contribution < -0.4 is 10.9 Å². The van der Waals surface area contributed by atoms with E-state index >= 15 is 0 Å². The minimum absolute atomic E-state index is 0.0393. The number of benzene rings is 3. The molecule has 6 heteroatoms. The Hall–Kier alpha value is -3.93. The average molecular weight is 425 g/mol. The average Bonchev–Trinajstić information content (AvgIpc) is 2.79. The number of aryl methyl sites for hydroxylation is 2. The van der Waals surface area contributed by atoms with Crippen LogP contribution in [0.3, 0.4) is 0 Å². The molecule has 0 saturated carbocycles. The Morgan fingerprint density at radius 3 is 2.69 bits per heavy atom. The lowest BCUT2D eigenvalue weighted by atomic mass is 9.97. The molecule has 0 bridgehead atoms. The van der Waals surface area contributed by atoms with E-state index in [-0.39, 0.29) is 17.2 Å². The number of hydrogen-bond donors (Lipinski definition) is 2. The largest absolute Gasteiger partial charge is 0.478 e. The third-order valence-corrected chi connectivity index (χ3v) is 6.09. The van der Waals surface area contributed by atoms with Gasteiger partial charge in [-0.15, -0.1) is 0 Å². The first kappa shape index (κ1) is 20.0. The van der Waals surface area contributed by atoms with Gasteiger partial charge in [-0.25, -0.2) is 9.78 Å². The van der Waals surface area contributed by atoms with Crippen LogP contribution in [0.25, 0.3) is 22.3 Å². The van der Waals surface area contributed by atoms with Crippen molar-refractivity contribution in [2.45, 2.75) is 32.9 Å². The number of aromatic carboxylic acids is 1. The summed E-state index contributed by atoms with van der Waals surface area (Å²) in [6, 6.07) is 18.5. The van der Waals surface area contributed by atoms with Gasteiger partial charge in [-0.2, -0.15) is 0 Å². The van der Waals surface area contributed by atoms with Gasteiger partial charge >= 0.3 is 5.97 Å². The normalized spacial score (nSPS) is 13.3. The highest BCUT2D eigenvalue weighted by atomic mass is 16.4. The Kier molecular flexibility index (Phi) is 4.78. The van der Waals surface area contributed by atoms with Gasteiger partial charge < -0.3 is 10.4 Å². The van der Waals surface area contributed by atoms with E-state index < -0.39 is 5.97 Å². The van der Waals surface area contributed by atoms with Gasteiger partial charge in [0, 0.05) is 23.4 Å². The summed E-state index contributed by atoms with van der Waals surface area (Å²) < 4.78 is 1.77. The second kappa shape index (κ2) is 7.64. The van der Waals surface area contributed by atoms with Crippen LogP contribution in [0.5, 0.6) is 0 Å². The van der Waals surface area contributed by atoms with Gasteiger partial charge in [0.2, 0.25) is 0 Å². The number of carboxylic acid groups (broad SMARTS) is 1. The summed E-state index contributed by atoms with van der Waals surface area (Å²) in [5.41, 5.74) is 5.35. The Morgan fingerprint density at radius 2 is 1.88 bits per heavy atom. The van der Waals surface area contributed by atoms with E-state index in [1.165, 1.54) is 5.56 Å². The van der Waals surface area contributed by atoms with Crippen LogP contribution in [0.15, 0.2) is 65.5 Å². The zero-order valence-corrected chi connectivity index (χ0v) is 17.9. The van der Waals surface area contributed by atoms with Crippen molar-refractivity contribution in [3.8, 4) is 11.4 Å². The number of nitrogens with one attached hydrogen (secondary N) is 1. The highest BCUT2D eigenvalue weighted by Gasteiger charge is 2.23. The molecule has 1 aromatic heterocycles. The number of carboxylic acids is 1. The molecule has 2 N–H and O–H groups in total. The lowest BCUT2D eigenvalue weighted by molar-refractivity contribution is 0.0698. The van der Waals surface area contributed by atoms with Crippen molar-refractivity contribution >= 4 is 22.6 Å². The van der Waals surface area contributed by atoms with Crippen molar-refractivity contribution in [1.82, 2.24) is 9.55 Å². The minimum Gasteiger partial charge on any atom is -0.478 e. The predicted octanol–water partition coefficient (Wildman–Crippen LogP) is 4.80. The Morgan fingerprint density at radius 1 is 1.12 bits per heavy atom. The molecule has 0 aliphatic carbocycles. The number of fused-ring (bicyclic) bond motifs is 4. The summed E-state index contributed by atoms with van der Waals surface area (Å²) in [6.07, 6.45) is 0.804. The molecule has 0 spiro atoms. The molecule has 0 fully saturated rings. The van der Waals surface area contributed by atoms with Gasteiger partial charge in [0.05, 0.1) is 22.5 Å². The van der Waals surface area contributed by atoms with Crippen LogP contribution in [0.4, 0.5) is 5.69 Å². The molecule has 3 aromatic carbocycles. The number of carbonyl (C=O) groups is 1. The molecule has 6 nitrogen and oxygen atoms in total. The van der Waals surface area contributed by atoms with Gasteiger partial charge in [-0.3, -0.25) is 9.36 Å². The Bertz CT molecular complexity index is 1440. The molecule has 0 amide bonds. The van der Waals surface area contributed by atoms with E-state index in [0.29, 0.717) is 29.0 Å². The molecule has 5 rings (SSSR count). The molecule has 2 heterocycles. The van der Waals surface area contributed by atoms with E-state index in [4.69, 9.17) is 4.98 Å². The zero-order chi connectivity index (χ0) is 22.4. The summed E-state index contributed by atoms with van der Waals surface area (Å²) in [4.78, 5) is 30.1. The van der Waals surface area contributed by atoms with E-state index in [2.05, 4.69) is 11.4 Å². The number of para-hydroxylation sites is 1. The standard InChI is InChI=1S/C26H23N3O3/c1-15-13-20(16(2)27-22-10-6-5-9-19(22)26(31)32)23-21(14-15)25(30)29-12-11-17-7-3-4-8-18(17)24(29)28-23/h3-10,13-14,16,27H,11-12H2,1-2H3,(H,31,32). The molecule has 1 atom stereocenters. The van der Waals surface area contributed by atoms with Gasteiger partial charge in [0.25, 0.3) is 5.56 Å². The fourth-order valence-corrected chi connectivity index (χ4v) is 4.54. The van der Waals surface area contributed by atoms with Crippen LogP contribution >= 0.6 is 0 Å². The maximum absolute atomic E-state index is 13.4. The van der Waals surface area contributed by atoms with Gasteiger partial charge in [-0.05, 0) is 49.6 Å². The van der Waals surface area contributed by atoms with Crippen molar-refractivity contribution < 1.29 is 9.90 Å². The SMILES string of the molecule is Cc1cc(C(C)Nc2ccccc2C(=O)O)c2nc3n(c(=O)c2c1)CCc1ccccc1-3. The van der Waals surface area contributed by atoms with E-state index in [0.717, 1.165) is 23.1 Å². The zero-order valence-electron chi connectivity index (χ0n) is 17.9. The summed E-state index contributed by atoms with van der Waals surface area (Å²) in [5, 5.41) is 13.4. The lowest BCUT2D eigenvalue weighted by Gasteiger charge is -2.23. The topological polar surface area (TPSA) is 84.2 Å². The maximum Gasteiger partial charge on any atom is 0.337 e. The predicted molar refractivity (Wildman–Crippen MR) is 125 cm³/mol. The molecule has 0 saturated heterocycles. The maximum atomic E-state index is 13.4. The van der Waals surface area contributed by atoms with Crippen LogP contribution in [0, 0.1) is 6.92 Å². The van der Waals surface area contributed by atoms with Crippen LogP contribution in [0.2, 0.25) is 0 Å². The van der Waals surface area contributed by atoms with Crippen LogP contribution in [-0.4, -0.2) is 20.6 Å². The monoisotopic (exact) mass is 425 g/mol. The van der Waals surface area contributed by atoms with Gasteiger partial charge in [-0.1, -0.05) is 42.5 Å². The van der Waals surface area contributed by atoms with Gasteiger partial charge in [0.1, 0.15) is 5.82 Å². The molecular formula is C26H23N3O3. The molecule has 4 aromatic rings. The van der Waals surface area contributed by atoms with Crippen molar-refractivity contribution in [3.63, 3.8) is 0 Å². The molecular weight excluding hydrogens is 402 g/mol. The molecule has 0 radical (unpaired) electrons. The number of rotatable bonds is 4. The van der Waals surface area contributed by atoms with E-state index in [1.807, 2.05) is 44.2 Å². The van der Waals surface area contributed by atoms with E-state index in [1.54, 1.807) is 28.8 Å². The molecule has 1 unspecified atom stereocenters. The third kappa shape index (κ3) is 3.24. The first-order chi connectivity index (χ1) is 15.4. The molecule has 32 heavy (non-hydrogen) atoms. The quantitative estimate of drug-likeness (QED) is 0.491. The van der Waals surface area contributed by atoms with E-state index in [9.17, 15) is 14.7 Å². The second-order valence-corrected chi connectivity index (χ2v) is 8.27. The Labute approximate surface area is 185 Å². The number of aromatic nitrogens is 2. The summed E-state index contributed by atoms with van der Waals surface area (Å²) >= 11 is 0. The van der Waals surface area contributed by atoms with Crippen molar-refractivity contribution in [2.75, 3.05) is 5.32 Å². The lowest BCUT2D eigenvalue weighted by Crippen LogP contribution is -2.28. The van der Waals surface area contributed by atoms with Crippen molar-refractivity contribution in [3.05, 3.63) is 93.3 Å². The smallest absolute Gasteiger partial charge is 0.337 e. The van der Waals surface area contributed by atoms with Crippen molar-refractivity contribution in [2.24, 2.45) is 0 Å². The minimum atomic E-state index is -0.989. The number of nitrogens with zero attached hydrogens (tertiary/aromatic N) is 2. The van der Waals surface area contributed by atoms with Gasteiger partial charge in [0.15, 0.2) is 0 Å². The number of anilines is 1. The molecule has 1 aliphatic heterocycles. The fourth-order valence-electron chi connectivity index (χ4n) is 4.54. The number of hydrogen-bond acceptors (Lipinski definition) is 4. The first-order valence-electron chi connectivity index (χ1n) is 10.7. The highest BCUT2D eigenvalue weighted by molar-refractivity contribution is 5.94. The molecule has 160 valence electrons. The van der Waals surface area contributed by atoms with Crippen LogP contribution in [0.1, 0.15) is 40.0 Å². The molecule has 1 aliphatic rings. The Balaban J connectivity index is 1.69. The fraction of sp³-hybridized carbons (Fsp3) is 0.192. The summed E-state index contributed by atoms with van der Waals surface area (Å²) in [6.45, 7) is 4.52. The van der Waals surface area contributed by atoms with Crippen LogP contribution in [-0.2, 0) is 13.0 Å².